The molecule has 130 valence electrons. The molecule has 0 atom stereocenters. The molecule has 1 saturated carbocycles. The van der Waals surface area contributed by atoms with Crippen LogP contribution in [-0.2, 0) is 4.74 Å². The van der Waals surface area contributed by atoms with Crippen LogP contribution in [-0.4, -0.2) is 42.5 Å². The average molecular weight is 333 g/mol. The van der Waals surface area contributed by atoms with Crippen molar-refractivity contribution in [1.82, 2.24) is 5.32 Å². The highest BCUT2D eigenvalue weighted by Crippen LogP contribution is 2.27. The Balaban J connectivity index is 1.55. The molecule has 7 heteroatoms. The lowest BCUT2D eigenvalue weighted by atomic mass is 9.85. The number of nitrogens with zero attached hydrogens (tertiary/aromatic N) is 1. The molecular weight excluding hydrogens is 310 g/mol. The molecule has 24 heavy (non-hydrogen) atoms. The molecule has 3 N–H and O–H groups in total. The molecule has 0 radical (unpaired) electrons. The predicted molar refractivity (Wildman–Crippen MR) is 90.2 cm³/mol. The summed E-state index contributed by atoms with van der Waals surface area (Å²) in [6, 6.07) is 6.67. The van der Waals surface area contributed by atoms with E-state index in [1.165, 1.54) is 4.90 Å². The first kappa shape index (κ1) is 16.6. The molecule has 0 unspecified atom stereocenters. The Morgan fingerprint density at radius 2 is 2.08 bits per heavy atom. The van der Waals surface area contributed by atoms with E-state index in [2.05, 4.69) is 10.6 Å². The number of carbonyl (C=O) groups is 2. The molecule has 0 aromatic heterocycles. The maximum atomic E-state index is 12.1. The standard InChI is InChI=1S/C17H23N3O4/c21-15(18-12-17(23)7-2-1-3-8-17)19-13-5-4-6-14(11-13)20-9-10-24-16(20)22/h4-6,11,23H,1-3,7-10,12H2,(H2,18,19,21). The molecular formula is C17H23N3O4. The summed E-state index contributed by atoms with van der Waals surface area (Å²) < 4.78 is 4.92. The summed E-state index contributed by atoms with van der Waals surface area (Å²) in [4.78, 5) is 25.2. The third kappa shape index (κ3) is 3.97. The Kier molecular flexibility index (Phi) is 4.89. The Bertz CT molecular complexity index is 614. The Hall–Kier alpha value is -2.28. The zero-order chi connectivity index (χ0) is 17.0. The monoisotopic (exact) mass is 333 g/mol. The van der Waals surface area contributed by atoms with Crippen LogP contribution in [0.2, 0.25) is 0 Å². The van der Waals surface area contributed by atoms with Gasteiger partial charge in [0.05, 0.1) is 12.1 Å². The second kappa shape index (κ2) is 7.09. The summed E-state index contributed by atoms with van der Waals surface area (Å²) >= 11 is 0. The Morgan fingerprint density at radius 3 is 2.79 bits per heavy atom. The van der Waals surface area contributed by atoms with Gasteiger partial charge in [-0.1, -0.05) is 25.3 Å². The van der Waals surface area contributed by atoms with E-state index < -0.39 is 5.60 Å². The van der Waals surface area contributed by atoms with Gasteiger partial charge in [-0.15, -0.1) is 0 Å². The normalized spacial score (nSPS) is 19.7. The van der Waals surface area contributed by atoms with Crippen LogP contribution in [0.3, 0.4) is 0 Å². The number of hydrogen-bond donors (Lipinski definition) is 3. The minimum Gasteiger partial charge on any atom is -0.447 e. The van der Waals surface area contributed by atoms with E-state index in [-0.39, 0.29) is 18.7 Å². The van der Waals surface area contributed by atoms with Gasteiger partial charge in [0.15, 0.2) is 0 Å². The topological polar surface area (TPSA) is 90.9 Å². The van der Waals surface area contributed by atoms with E-state index in [0.717, 1.165) is 32.1 Å². The molecule has 1 heterocycles. The number of rotatable bonds is 4. The van der Waals surface area contributed by atoms with Gasteiger partial charge in [0.25, 0.3) is 0 Å². The first-order valence-corrected chi connectivity index (χ1v) is 8.37. The lowest BCUT2D eigenvalue weighted by molar-refractivity contribution is 0.00755. The fraction of sp³-hybridized carbons (Fsp3) is 0.529. The van der Waals surface area contributed by atoms with Crippen LogP contribution in [0.4, 0.5) is 21.0 Å². The van der Waals surface area contributed by atoms with Crippen LogP contribution >= 0.6 is 0 Å². The van der Waals surface area contributed by atoms with Crippen LogP contribution in [0.25, 0.3) is 0 Å². The van der Waals surface area contributed by atoms with Gasteiger partial charge in [-0.05, 0) is 31.0 Å². The number of hydrogen-bond acceptors (Lipinski definition) is 4. The van der Waals surface area contributed by atoms with E-state index in [9.17, 15) is 14.7 Å². The second-order valence-electron chi connectivity index (χ2n) is 6.41. The van der Waals surface area contributed by atoms with Crippen molar-refractivity contribution in [2.75, 3.05) is 29.9 Å². The van der Waals surface area contributed by atoms with Gasteiger partial charge in [-0.3, -0.25) is 4.90 Å². The molecule has 1 aliphatic heterocycles. The van der Waals surface area contributed by atoms with Gasteiger partial charge in [-0.2, -0.15) is 0 Å². The molecule has 0 spiro atoms. The summed E-state index contributed by atoms with van der Waals surface area (Å²) in [6.45, 7) is 1.12. The summed E-state index contributed by atoms with van der Waals surface area (Å²) in [6.07, 6.45) is 4.19. The minimum absolute atomic E-state index is 0.247. The van der Waals surface area contributed by atoms with Crippen molar-refractivity contribution in [3.05, 3.63) is 24.3 Å². The number of nitrogens with one attached hydrogen (secondary N) is 2. The summed E-state index contributed by atoms with van der Waals surface area (Å²) in [5, 5.41) is 15.9. The van der Waals surface area contributed by atoms with E-state index in [1.807, 2.05) is 0 Å². The van der Waals surface area contributed by atoms with E-state index >= 15 is 0 Å². The number of amides is 3. The Morgan fingerprint density at radius 1 is 1.29 bits per heavy atom. The molecule has 7 nitrogen and oxygen atoms in total. The maximum absolute atomic E-state index is 12.1. The smallest absolute Gasteiger partial charge is 0.414 e. The third-order valence-electron chi connectivity index (χ3n) is 4.54. The van der Waals surface area contributed by atoms with Crippen molar-refractivity contribution in [2.24, 2.45) is 0 Å². The number of urea groups is 1. The van der Waals surface area contributed by atoms with E-state index in [1.54, 1.807) is 24.3 Å². The van der Waals surface area contributed by atoms with Crippen molar-refractivity contribution >= 4 is 23.5 Å². The summed E-state index contributed by atoms with van der Waals surface area (Å²) in [7, 11) is 0. The molecule has 1 aromatic carbocycles. The van der Waals surface area contributed by atoms with Crippen molar-refractivity contribution in [3.8, 4) is 0 Å². The van der Waals surface area contributed by atoms with Crippen LogP contribution in [0.15, 0.2) is 24.3 Å². The van der Waals surface area contributed by atoms with E-state index in [0.29, 0.717) is 24.5 Å². The summed E-state index contributed by atoms with van der Waals surface area (Å²) in [5.41, 5.74) is 0.470. The highest BCUT2D eigenvalue weighted by molar-refractivity contribution is 5.93. The lowest BCUT2D eigenvalue weighted by Crippen LogP contribution is -2.45. The maximum Gasteiger partial charge on any atom is 0.414 e. The van der Waals surface area contributed by atoms with Gasteiger partial charge >= 0.3 is 12.1 Å². The van der Waals surface area contributed by atoms with Gasteiger partial charge in [0.1, 0.15) is 6.61 Å². The molecule has 2 fully saturated rings. The van der Waals surface area contributed by atoms with Crippen molar-refractivity contribution in [1.29, 1.82) is 0 Å². The fourth-order valence-corrected chi connectivity index (χ4v) is 3.19. The Labute approximate surface area is 141 Å². The predicted octanol–water partition coefficient (Wildman–Crippen LogP) is 2.46. The largest absolute Gasteiger partial charge is 0.447 e. The summed E-state index contributed by atoms with van der Waals surface area (Å²) in [5.74, 6) is 0. The molecule has 0 bridgehead atoms. The van der Waals surface area contributed by atoms with Crippen molar-refractivity contribution in [2.45, 2.75) is 37.7 Å². The number of benzene rings is 1. The number of aliphatic hydroxyl groups is 1. The molecule has 2 aliphatic rings. The minimum atomic E-state index is -0.795. The van der Waals surface area contributed by atoms with Gasteiger partial charge in [-0.25, -0.2) is 9.59 Å². The first-order valence-electron chi connectivity index (χ1n) is 8.37. The fourth-order valence-electron chi connectivity index (χ4n) is 3.19. The van der Waals surface area contributed by atoms with Gasteiger partial charge in [0, 0.05) is 17.9 Å². The number of anilines is 2. The van der Waals surface area contributed by atoms with Crippen LogP contribution in [0.5, 0.6) is 0 Å². The number of cyclic esters (lactones) is 1. The quantitative estimate of drug-likeness (QED) is 0.789. The highest BCUT2D eigenvalue weighted by Gasteiger charge is 2.29. The highest BCUT2D eigenvalue weighted by atomic mass is 16.6. The third-order valence-corrected chi connectivity index (χ3v) is 4.54. The van der Waals surface area contributed by atoms with Crippen molar-refractivity contribution < 1.29 is 19.4 Å². The van der Waals surface area contributed by atoms with Gasteiger partial charge < -0.3 is 20.5 Å². The van der Waals surface area contributed by atoms with Crippen LogP contribution in [0, 0.1) is 0 Å². The zero-order valence-electron chi connectivity index (χ0n) is 13.6. The number of ether oxygens (including phenoxy) is 1. The average Bonchev–Trinajstić information content (AvgIpc) is 3.00. The molecule has 1 aromatic rings. The molecule has 1 aliphatic carbocycles. The van der Waals surface area contributed by atoms with Crippen LogP contribution < -0.4 is 15.5 Å². The first-order chi connectivity index (χ1) is 11.6. The second-order valence-corrected chi connectivity index (χ2v) is 6.41. The zero-order valence-corrected chi connectivity index (χ0v) is 13.6. The molecule has 1 saturated heterocycles. The van der Waals surface area contributed by atoms with Crippen molar-refractivity contribution in [3.63, 3.8) is 0 Å². The van der Waals surface area contributed by atoms with Crippen LogP contribution in [0.1, 0.15) is 32.1 Å². The van der Waals surface area contributed by atoms with E-state index in [4.69, 9.17) is 4.74 Å². The molecule has 3 amide bonds. The molecule has 3 rings (SSSR count). The lowest BCUT2D eigenvalue weighted by Gasteiger charge is -2.32. The van der Waals surface area contributed by atoms with Gasteiger partial charge in [0.2, 0.25) is 0 Å². The SMILES string of the molecule is O=C(NCC1(O)CCCCC1)Nc1cccc(N2CCOC2=O)c1. The number of carbonyl (C=O) groups excluding carboxylic acids is 2.